The topological polar surface area (TPSA) is 60.5 Å². The molecular weight excluding hydrogens is 368 g/mol. The van der Waals surface area contributed by atoms with Crippen LogP contribution >= 0.6 is 23.1 Å². The van der Waals surface area contributed by atoms with Crippen LogP contribution in [0.15, 0.2) is 34.0 Å². The van der Waals surface area contributed by atoms with Crippen LogP contribution in [-0.4, -0.2) is 34.9 Å². The minimum absolute atomic E-state index is 0.0776. The van der Waals surface area contributed by atoms with E-state index in [2.05, 4.69) is 15.7 Å². The van der Waals surface area contributed by atoms with Crippen molar-refractivity contribution in [2.24, 2.45) is 0 Å². The summed E-state index contributed by atoms with van der Waals surface area (Å²) in [5.74, 6) is 1.26. The zero-order chi connectivity index (χ0) is 17.9. The summed E-state index contributed by atoms with van der Waals surface area (Å²) in [6.07, 6.45) is 3.61. The van der Waals surface area contributed by atoms with Crippen LogP contribution < -0.4 is 14.8 Å². The molecule has 5 nitrogen and oxygen atoms in total. The Hall–Kier alpha value is -1.73. The SMILES string of the molecule is Cc1csc(SC2CCC(NC(=O)C3COc4ccccc4O3)CC2)n1. The Labute approximate surface area is 161 Å². The Kier molecular flexibility index (Phi) is 5.36. The van der Waals surface area contributed by atoms with Crippen LogP contribution in [0.5, 0.6) is 11.5 Å². The van der Waals surface area contributed by atoms with Gasteiger partial charge in [0.1, 0.15) is 10.9 Å². The predicted octanol–water partition coefficient (Wildman–Crippen LogP) is 3.81. The van der Waals surface area contributed by atoms with Gasteiger partial charge in [0.05, 0.1) is 0 Å². The van der Waals surface area contributed by atoms with Crippen molar-refractivity contribution in [1.29, 1.82) is 0 Å². The van der Waals surface area contributed by atoms with Crippen molar-refractivity contribution < 1.29 is 14.3 Å². The van der Waals surface area contributed by atoms with E-state index in [9.17, 15) is 4.79 Å². The number of amides is 1. The maximum Gasteiger partial charge on any atom is 0.264 e. The zero-order valence-electron chi connectivity index (χ0n) is 14.6. The van der Waals surface area contributed by atoms with E-state index in [-0.39, 0.29) is 18.6 Å². The number of fused-ring (bicyclic) bond motifs is 1. The number of thiazole rings is 1. The third-order valence-electron chi connectivity index (χ3n) is 4.69. The van der Waals surface area contributed by atoms with Crippen molar-refractivity contribution in [1.82, 2.24) is 10.3 Å². The van der Waals surface area contributed by atoms with Gasteiger partial charge in [-0.25, -0.2) is 4.98 Å². The smallest absolute Gasteiger partial charge is 0.264 e. The second kappa shape index (κ2) is 7.88. The summed E-state index contributed by atoms with van der Waals surface area (Å²) >= 11 is 3.60. The van der Waals surface area contributed by atoms with Gasteiger partial charge in [0.25, 0.3) is 5.91 Å². The quantitative estimate of drug-likeness (QED) is 0.860. The summed E-state index contributed by atoms with van der Waals surface area (Å²) in [6.45, 7) is 2.29. The van der Waals surface area contributed by atoms with E-state index in [1.54, 1.807) is 11.3 Å². The fourth-order valence-electron chi connectivity index (χ4n) is 3.30. The van der Waals surface area contributed by atoms with E-state index in [0.717, 1.165) is 35.7 Å². The van der Waals surface area contributed by atoms with Crippen LogP contribution in [0.4, 0.5) is 0 Å². The summed E-state index contributed by atoms with van der Waals surface area (Å²) in [6, 6.07) is 7.68. The molecule has 1 aromatic carbocycles. The van der Waals surface area contributed by atoms with E-state index < -0.39 is 6.10 Å². The number of aromatic nitrogens is 1. The highest BCUT2D eigenvalue weighted by Crippen LogP contribution is 2.35. The van der Waals surface area contributed by atoms with E-state index in [1.807, 2.05) is 43.0 Å². The summed E-state index contributed by atoms with van der Waals surface area (Å²) in [5, 5.41) is 5.83. The van der Waals surface area contributed by atoms with Gasteiger partial charge in [-0.05, 0) is 44.7 Å². The molecule has 2 aliphatic rings. The van der Waals surface area contributed by atoms with Crippen molar-refractivity contribution in [2.45, 2.75) is 54.3 Å². The molecule has 0 spiro atoms. The first-order valence-electron chi connectivity index (χ1n) is 8.95. The maximum absolute atomic E-state index is 12.5. The third-order valence-corrected chi connectivity index (χ3v) is 7.11. The Morgan fingerprint density at radius 3 is 2.73 bits per heavy atom. The van der Waals surface area contributed by atoms with Crippen molar-refractivity contribution in [3.8, 4) is 11.5 Å². The molecule has 1 aliphatic carbocycles. The van der Waals surface area contributed by atoms with Gasteiger partial charge in [0.15, 0.2) is 11.5 Å². The molecule has 1 N–H and O–H groups in total. The normalized spacial score (nSPS) is 24.9. The monoisotopic (exact) mass is 390 g/mol. The van der Waals surface area contributed by atoms with Gasteiger partial charge < -0.3 is 14.8 Å². The zero-order valence-corrected chi connectivity index (χ0v) is 16.3. The molecule has 1 fully saturated rings. The molecule has 1 unspecified atom stereocenters. The van der Waals surface area contributed by atoms with Gasteiger partial charge in [0.2, 0.25) is 6.10 Å². The first-order valence-corrected chi connectivity index (χ1v) is 10.7. The number of aryl methyl sites for hydroxylation is 1. The molecule has 138 valence electrons. The van der Waals surface area contributed by atoms with Crippen LogP contribution in [0.3, 0.4) is 0 Å². The average molecular weight is 391 g/mol. The van der Waals surface area contributed by atoms with Crippen molar-refractivity contribution >= 4 is 29.0 Å². The molecule has 0 saturated heterocycles. The molecule has 1 aromatic heterocycles. The predicted molar refractivity (Wildman–Crippen MR) is 103 cm³/mol. The second-order valence-corrected chi connectivity index (χ2v) is 9.12. The average Bonchev–Trinajstić information content (AvgIpc) is 3.07. The number of ether oxygens (including phenoxy) is 2. The largest absolute Gasteiger partial charge is 0.485 e. The number of para-hydroxylation sites is 2. The number of rotatable bonds is 4. The van der Waals surface area contributed by atoms with Gasteiger partial charge in [-0.15, -0.1) is 11.3 Å². The number of nitrogens with zero attached hydrogens (tertiary/aromatic N) is 1. The highest BCUT2D eigenvalue weighted by atomic mass is 32.2. The Bertz CT molecular complexity index is 772. The standard InChI is InChI=1S/C19H22N2O3S2/c1-12-11-25-19(20-12)26-14-8-6-13(7-9-14)21-18(22)17-10-23-15-4-2-3-5-16(15)24-17/h2-5,11,13-14,17H,6-10H2,1H3,(H,21,22). The molecule has 4 rings (SSSR count). The lowest BCUT2D eigenvalue weighted by Gasteiger charge is -2.31. The summed E-state index contributed by atoms with van der Waals surface area (Å²) in [7, 11) is 0. The van der Waals surface area contributed by atoms with Crippen LogP contribution in [0, 0.1) is 6.92 Å². The molecular formula is C19H22N2O3S2. The minimum Gasteiger partial charge on any atom is -0.485 e. The van der Waals surface area contributed by atoms with Crippen LogP contribution in [-0.2, 0) is 4.79 Å². The molecule has 0 radical (unpaired) electrons. The molecule has 2 aromatic rings. The number of hydrogen-bond acceptors (Lipinski definition) is 6. The lowest BCUT2D eigenvalue weighted by molar-refractivity contribution is -0.131. The molecule has 1 atom stereocenters. The lowest BCUT2D eigenvalue weighted by Crippen LogP contribution is -2.48. The molecule has 7 heteroatoms. The van der Waals surface area contributed by atoms with E-state index >= 15 is 0 Å². The third kappa shape index (κ3) is 4.15. The van der Waals surface area contributed by atoms with Crippen molar-refractivity contribution in [2.75, 3.05) is 6.61 Å². The minimum atomic E-state index is -0.574. The molecule has 26 heavy (non-hydrogen) atoms. The summed E-state index contributed by atoms with van der Waals surface area (Å²) < 4.78 is 12.6. The lowest BCUT2D eigenvalue weighted by atomic mass is 9.95. The van der Waals surface area contributed by atoms with Crippen LogP contribution in [0.1, 0.15) is 31.4 Å². The van der Waals surface area contributed by atoms with Crippen LogP contribution in [0.25, 0.3) is 0 Å². The number of benzene rings is 1. The summed E-state index contributed by atoms with van der Waals surface area (Å²) in [5.41, 5.74) is 1.09. The van der Waals surface area contributed by atoms with Gasteiger partial charge in [-0.3, -0.25) is 4.79 Å². The number of carbonyl (C=O) groups excluding carboxylic acids is 1. The first-order chi connectivity index (χ1) is 12.7. The number of nitrogens with one attached hydrogen (secondary N) is 1. The number of hydrogen-bond donors (Lipinski definition) is 1. The van der Waals surface area contributed by atoms with E-state index in [4.69, 9.17) is 9.47 Å². The highest BCUT2D eigenvalue weighted by molar-refractivity contribution is 8.01. The van der Waals surface area contributed by atoms with Crippen LogP contribution in [0.2, 0.25) is 0 Å². The maximum atomic E-state index is 12.5. The summed E-state index contributed by atoms with van der Waals surface area (Å²) in [4.78, 5) is 17.1. The molecule has 1 amide bonds. The number of thioether (sulfide) groups is 1. The Balaban J connectivity index is 1.25. The van der Waals surface area contributed by atoms with Gasteiger partial charge in [0, 0.05) is 22.4 Å². The fraction of sp³-hybridized carbons (Fsp3) is 0.474. The first kappa shape index (κ1) is 17.7. The van der Waals surface area contributed by atoms with Gasteiger partial charge in [-0.1, -0.05) is 23.9 Å². The molecule has 0 bridgehead atoms. The van der Waals surface area contributed by atoms with E-state index in [0.29, 0.717) is 16.7 Å². The van der Waals surface area contributed by atoms with Crippen molar-refractivity contribution in [3.05, 3.63) is 35.3 Å². The second-order valence-electron chi connectivity index (χ2n) is 6.72. The fourth-order valence-corrected chi connectivity index (χ4v) is 5.58. The van der Waals surface area contributed by atoms with Gasteiger partial charge in [-0.2, -0.15) is 0 Å². The number of carbonyl (C=O) groups is 1. The Morgan fingerprint density at radius 2 is 2.00 bits per heavy atom. The molecule has 2 heterocycles. The van der Waals surface area contributed by atoms with E-state index in [1.165, 1.54) is 0 Å². The van der Waals surface area contributed by atoms with Gasteiger partial charge >= 0.3 is 0 Å². The molecule has 1 saturated carbocycles. The van der Waals surface area contributed by atoms with Crippen molar-refractivity contribution in [3.63, 3.8) is 0 Å². The molecule has 1 aliphatic heterocycles. The highest BCUT2D eigenvalue weighted by Gasteiger charge is 2.30. The Morgan fingerprint density at radius 1 is 1.23 bits per heavy atom.